The van der Waals surface area contributed by atoms with Crippen molar-refractivity contribution < 1.29 is 19.1 Å². The predicted octanol–water partition coefficient (Wildman–Crippen LogP) is 4.87. The number of amides is 2. The van der Waals surface area contributed by atoms with Gasteiger partial charge in [-0.1, -0.05) is 18.6 Å². The van der Waals surface area contributed by atoms with Gasteiger partial charge in [0, 0.05) is 47.0 Å². The number of piperidine rings is 1. The summed E-state index contributed by atoms with van der Waals surface area (Å²) in [6, 6.07) is 19.2. The number of imide groups is 1. The van der Waals surface area contributed by atoms with Crippen molar-refractivity contribution in [2.75, 3.05) is 30.5 Å². The van der Waals surface area contributed by atoms with E-state index < -0.39 is 11.8 Å². The van der Waals surface area contributed by atoms with Crippen molar-refractivity contribution in [3.63, 3.8) is 0 Å². The Morgan fingerprint density at radius 3 is 2.35 bits per heavy atom. The quantitative estimate of drug-likeness (QED) is 0.331. The molecule has 3 N–H and O–H groups in total. The highest BCUT2D eigenvalue weighted by Crippen LogP contribution is 2.36. The summed E-state index contributed by atoms with van der Waals surface area (Å²) < 4.78 is 10.8. The van der Waals surface area contributed by atoms with E-state index in [0.717, 1.165) is 36.7 Å². The van der Waals surface area contributed by atoms with Crippen LogP contribution in [0.5, 0.6) is 11.5 Å². The van der Waals surface area contributed by atoms with E-state index in [-0.39, 0.29) is 6.79 Å². The second-order valence-electron chi connectivity index (χ2n) is 9.47. The number of hydrogen-bond acceptors (Lipinski definition) is 7. The number of nitrogens with zero attached hydrogens (tertiary/aromatic N) is 1. The van der Waals surface area contributed by atoms with Crippen LogP contribution in [0.4, 0.5) is 17.1 Å². The summed E-state index contributed by atoms with van der Waals surface area (Å²) in [7, 11) is 0. The summed E-state index contributed by atoms with van der Waals surface area (Å²) >= 11 is 0. The van der Waals surface area contributed by atoms with Gasteiger partial charge in [0.2, 0.25) is 6.79 Å². The molecule has 1 saturated heterocycles. The van der Waals surface area contributed by atoms with Gasteiger partial charge in [-0.2, -0.15) is 0 Å². The minimum atomic E-state index is -0.438. The third-order valence-corrected chi connectivity index (χ3v) is 6.88. The van der Waals surface area contributed by atoms with Gasteiger partial charge in [-0.3, -0.25) is 19.8 Å². The Bertz CT molecular complexity index is 1380. The number of anilines is 3. The van der Waals surface area contributed by atoms with Crippen LogP contribution >= 0.6 is 0 Å². The van der Waals surface area contributed by atoms with Crippen molar-refractivity contribution in [1.82, 2.24) is 10.2 Å². The minimum absolute atomic E-state index is 0.206. The molecule has 0 aromatic heterocycles. The summed E-state index contributed by atoms with van der Waals surface area (Å²) in [4.78, 5) is 27.7. The molecule has 0 spiro atoms. The molecule has 3 heterocycles. The molecule has 6 rings (SSSR count). The molecular formula is C29H28N4O4. The molecule has 3 aromatic rings. The van der Waals surface area contributed by atoms with Crippen LogP contribution in [0.1, 0.15) is 40.7 Å². The number of fused-ring (bicyclic) bond motifs is 2. The zero-order valence-corrected chi connectivity index (χ0v) is 20.4. The van der Waals surface area contributed by atoms with E-state index in [4.69, 9.17) is 9.47 Å². The third-order valence-electron chi connectivity index (χ3n) is 6.88. The number of benzene rings is 3. The maximum absolute atomic E-state index is 12.8. The van der Waals surface area contributed by atoms with E-state index in [0.29, 0.717) is 28.2 Å². The number of likely N-dealkylation sites (tertiary alicyclic amines) is 1. The third kappa shape index (κ3) is 5.01. The average molecular weight is 497 g/mol. The van der Waals surface area contributed by atoms with E-state index in [2.05, 4.69) is 33.0 Å². The molecule has 3 aromatic carbocycles. The normalized spacial score (nSPS) is 17.9. The first-order valence-electron chi connectivity index (χ1n) is 12.6. The van der Waals surface area contributed by atoms with Crippen LogP contribution in [-0.2, 0) is 11.3 Å². The first kappa shape index (κ1) is 23.1. The van der Waals surface area contributed by atoms with Gasteiger partial charge in [-0.15, -0.1) is 0 Å². The van der Waals surface area contributed by atoms with Crippen LogP contribution in [0.2, 0.25) is 0 Å². The van der Waals surface area contributed by atoms with Gasteiger partial charge in [0.15, 0.2) is 11.5 Å². The van der Waals surface area contributed by atoms with Gasteiger partial charge >= 0.3 is 0 Å². The molecule has 8 heteroatoms. The lowest BCUT2D eigenvalue weighted by molar-refractivity contribution is -0.114. The Balaban J connectivity index is 1.20. The Kier molecular flexibility index (Phi) is 6.24. The lowest BCUT2D eigenvalue weighted by Gasteiger charge is -2.26. The maximum atomic E-state index is 12.8. The molecule has 0 aliphatic carbocycles. The highest BCUT2D eigenvalue weighted by atomic mass is 16.7. The molecule has 3 aliphatic rings. The van der Waals surface area contributed by atoms with E-state index in [9.17, 15) is 9.59 Å². The van der Waals surface area contributed by atoms with Crippen LogP contribution < -0.4 is 25.4 Å². The van der Waals surface area contributed by atoms with Crippen LogP contribution in [-0.4, -0.2) is 36.6 Å². The molecule has 0 saturated carbocycles. The number of hydrogen-bond donors (Lipinski definition) is 3. The molecule has 3 aliphatic heterocycles. The van der Waals surface area contributed by atoms with Crippen molar-refractivity contribution in [1.29, 1.82) is 0 Å². The Morgan fingerprint density at radius 1 is 0.784 bits per heavy atom. The summed E-state index contributed by atoms with van der Waals surface area (Å²) in [6.07, 6.45) is 5.53. The highest BCUT2D eigenvalue weighted by Gasteiger charge is 2.27. The first-order chi connectivity index (χ1) is 18.1. The minimum Gasteiger partial charge on any atom is -0.454 e. The monoisotopic (exact) mass is 496 g/mol. The number of carbonyl (C=O) groups is 2. The fraction of sp³-hybridized carbons (Fsp3) is 0.241. The standard InChI is InChI=1S/C29H28N4O4/c34-28-23-10-8-21(31-22-9-11-26-27(15-22)37-18-36-26)14-24(23)25(29(35)32-28)16-30-20-6-4-19(5-7-20)17-33-12-2-1-3-13-33/h4-11,14-16,30-31H,1-3,12-13,17-18H2,(H,32,34,35)/b25-16-. The topological polar surface area (TPSA) is 91.9 Å². The lowest BCUT2D eigenvalue weighted by atomic mass is 9.94. The Morgan fingerprint density at radius 2 is 1.51 bits per heavy atom. The van der Waals surface area contributed by atoms with Crippen LogP contribution in [0.3, 0.4) is 0 Å². The molecule has 188 valence electrons. The fourth-order valence-electron chi connectivity index (χ4n) is 4.92. The summed E-state index contributed by atoms with van der Waals surface area (Å²) in [5, 5.41) is 8.98. The summed E-state index contributed by atoms with van der Waals surface area (Å²) in [5.74, 6) is 0.527. The highest BCUT2D eigenvalue weighted by molar-refractivity contribution is 6.31. The fourth-order valence-corrected chi connectivity index (χ4v) is 4.92. The van der Waals surface area contributed by atoms with Crippen molar-refractivity contribution in [2.45, 2.75) is 25.8 Å². The van der Waals surface area contributed by atoms with E-state index >= 15 is 0 Å². The second-order valence-corrected chi connectivity index (χ2v) is 9.47. The smallest absolute Gasteiger partial charge is 0.260 e. The van der Waals surface area contributed by atoms with Crippen molar-refractivity contribution in [3.8, 4) is 11.5 Å². The van der Waals surface area contributed by atoms with Gasteiger partial charge < -0.3 is 20.1 Å². The van der Waals surface area contributed by atoms with Crippen LogP contribution in [0.25, 0.3) is 5.57 Å². The van der Waals surface area contributed by atoms with Crippen LogP contribution in [0, 0.1) is 0 Å². The molecule has 37 heavy (non-hydrogen) atoms. The molecule has 0 atom stereocenters. The molecule has 0 unspecified atom stereocenters. The Hall–Kier alpha value is -4.30. The van der Waals surface area contributed by atoms with Gasteiger partial charge in [0.25, 0.3) is 11.8 Å². The number of carbonyl (C=O) groups excluding carboxylic acids is 2. The largest absolute Gasteiger partial charge is 0.454 e. The number of rotatable bonds is 6. The average Bonchev–Trinajstić information content (AvgIpc) is 3.38. The van der Waals surface area contributed by atoms with E-state index in [1.165, 1.54) is 24.8 Å². The zero-order chi connectivity index (χ0) is 25.2. The molecule has 1 fully saturated rings. The maximum Gasteiger partial charge on any atom is 0.260 e. The van der Waals surface area contributed by atoms with E-state index in [1.807, 2.05) is 42.5 Å². The van der Waals surface area contributed by atoms with Crippen molar-refractivity contribution in [3.05, 3.63) is 83.6 Å². The molecule has 0 bridgehead atoms. The predicted molar refractivity (Wildman–Crippen MR) is 142 cm³/mol. The number of nitrogens with one attached hydrogen (secondary N) is 3. The van der Waals surface area contributed by atoms with Gasteiger partial charge in [-0.25, -0.2) is 0 Å². The molecule has 2 amide bonds. The Labute approximate surface area is 215 Å². The molecular weight excluding hydrogens is 468 g/mol. The first-order valence-corrected chi connectivity index (χ1v) is 12.6. The number of ether oxygens (including phenoxy) is 2. The van der Waals surface area contributed by atoms with Gasteiger partial charge in [-0.05, 0) is 74.0 Å². The molecule has 0 radical (unpaired) electrons. The van der Waals surface area contributed by atoms with Crippen molar-refractivity contribution in [2.24, 2.45) is 0 Å². The zero-order valence-electron chi connectivity index (χ0n) is 20.4. The lowest BCUT2D eigenvalue weighted by Crippen LogP contribution is -2.36. The summed E-state index contributed by atoms with van der Waals surface area (Å²) in [5.41, 5.74) is 5.09. The van der Waals surface area contributed by atoms with Crippen LogP contribution in [0.15, 0.2) is 66.9 Å². The summed E-state index contributed by atoms with van der Waals surface area (Å²) in [6.45, 7) is 3.48. The SMILES string of the molecule is O=C1NC(=O)c2ccc(Nc3ccc4c(c3)OCO4)cc2/C1=C/Nc1ccc(CN2CCCCC2)cc1. The van der Waals surface area contributed by atoms with E-state index in [1.54, 1.807) is 12.3 Å². The van der Waals surface area contributed by atoms with Gasteiger partial charge in [0.05, 0.1) is 5.57 Å². The molecule has 8 nitrogen and oxygen atoms in total. The van der Waals surface area contributed by atoms with Crippen molar-refractivity contribution >= 4 is 34.4 Å². The second kappa shape index (κ2) is 9.99. The van der Waals surface area contributed by atoms with Gasteiger partial charge in [0.1, 0.15) is 0 Å².